The van der Waals surface area contributed by atoms with Gasteiger partial charge in [-0.15, -0.1) is 0 Å². The summed E-state index contributed by atoms with van der Waals surface area (Å²) in [7, 11) is -1.29. The molecule has 2 N–H and O–H groups in total. The Morgan fingerprint density at radius 3 is 2.15 bits per heavy atom. The first-order valence-corrected chi connectivity index (χ1v) is 6.68. The second-order valence-corrected chi connectivity index (χ2v) is 6.33. The smallest absolute Gasteiger partial charge is 0.423 e. The van der Waals surface area contributed by atoms with E-state index in [2.05, 4.69) is 0 Å². The predicted octanol–water partition coefficient (Wildman–Crippen LogP) is 2.86. The summed E-state index contributed by atoms with van der Waals surface area (Å²) in [6, 6.07) is 0. The summed E-state index contributed by atoms with van der Waals surface area (Å²) in [6.45, 7) is 6.35. The van der Waals surface area contributed by atoms with Gasteiger partial charge in [0.05, 0.1) is 17.1 Å². The lowest BCUT2D eigenvalue weighted by molar-refractivity contribution is -0.176. The van der Waals surface area contributed by atoms with E-state index >= 15 is 0 Å². The van der Waals surface area contributed by atoms with Gasteiger partial charge in [-0.3, -0.25) is 0 Å². The fraction of sp³-hybridized carbons (Fsp3) is 0.846. The molecule has 1 aliphatic rings. The van der Waals surface area contributed by atoms with Crippen molar-refractivity contribution in [2.24, 2.45) is 5.92 Å². The van der Waals surface area contributed by atoms with Gasteiger partial charge in [-0.05, 0) is 52.4 Å². The summed E-state index contributed by atoms with van der Waals surface area (Å²) in [5.41, 5.74) is -1.76. The minimum atomic E-state index is -4.19. The van der Waals surface area contributed by atoms with E-state index in [-0.39, 0.29) is 19.3 Å². The van der Waals surface area contributed by atoms with E-state index in [1.807, 2.05) is 0 Å². The van der Waals surface area contributed by atoms with Crippen molar-refractivity contribution in [3.8, 4) is 0 Å². The normalized spacial score (nSPS) is 21.6. The number of allylic oxidation sites excluding steroid dienone is 2. The fourth-order valence-corrected chi connectivity index (χ4v) is 1.87. The third kappa shape index (κ3) is 4.23. The summed E-state index contributed by atoms with van der Waals surface area (Å²) in [5, 5.41) is 19.9. The van der Waals surface area contributed by atoms with Crippen LogP contribution in [-0.2, 0) is 4.65 Å². The predicted molar refractivity (Wildman–Crippen MR) is 70.9 cm³/mol. The number of aliphatic hydroxyl groups is 1. The molecule has 0 saturated carbocycles. The van der Waals surface area contributed by atoms with E-state index in [1.165, 1.54) is 6.08 Å². The van der Waals surface area contributed by atoms with Crippen LogP contribution in [0.4, 0.5) is 13.2 Å². The molecule has 0 aromatic rings. The van der Waals surface area contributed by atoms with Crippen molar-refractivity contribution in [2.75, 3.05) is 0 Å². The number of rotatable bonds is 4. The summed E-state index contributed by atoms with van der Waals surface area (Å²) in [4.78, 5) is 0. The topological polar surface area (TPSA) is 49.7 Å². The highest BCUT2D eigenvalue weighted by Crippen LogP contribution is 2.38. The Morgan fingerprint density at radius 2 is 1.80 bits per heavy atom. The van der Waals surface area contributed by atoms with Crippen molar-refractivity contribution in [2.45, 2.75) is 64.3 Å². The third-order valence-corrected chi connectivity index (χ3v) is 4.11. The van der Waals surface area contributed by atoms with Gasteiger partial charge < -0.3 is 14.8 Å². The summed E-state index contributed by atoms with van der Waals surface area (Å²) < 4.78 is 43.0. The second-order valence-electron chi connectivity index (χ2n) is 6.33. The summed E-state index contributed by atoms with van der Waals surface area (Å²) in [5.74, 6) is -1.35. The molecular formula is C13H22BF3O3. The number of halogens is 3. The highest BCUT2D eigenvalue weighted by Gasteiger charge is 2.43. The molecule has 0 aromatic heterocycles. The lowest BCUT2D eigenvalue weighted by atomic mass is 9.69. The molecule has 1 unspecified atom stereocenters. The Hall–Kier alpha value is -0.525. The van der Waals surface area contributed by atoms with Crippen LogP contribution in [0.15, 0.2) is 11.5 Å². The van der Waals surface area contributed by atoms with Crippen molar-refractivity contribution in [1.82, 2.24) is 0 Å². The van der Waals surface area contributed by atoms with E-state index in [1.54, 1.807) is 27.7 Å². The molecule has 0 fully saturated rings. The van der Waals surface area contributed by atoms with Gasteiger partial charge in [-0.2, -0.15) is 13.2 Å². The Bertz CT molecular complexity index is 372. The highest BCUT2D eigenvalue weighted by molar-refractivity contribution is 6.52. The SMILES string of the molecule is CC(C)(O)C(C)(C)OB(O)C1=CCC(C(F)(F)F)CC1. The van der Waals surface area contributed by atoms with Crippen molar-refractivity contribution >= 4 is 7.12 Å². The van der Waals surface area contributed by atoms with Crippen LogP contribution in [0.1, 0.15) is 47.0 Å². The zero-order chi connectivity index (χ0) is 15.8. The van der Waals surface area contributed by atoms with Gasteiger partial charge in [0.2, 0.25) is 0 Å². The molecule has 0 aliphatic heterocycles. The molecular weight excluding hydrogens is 272 g/mol. The van der Waals surface area contributed by atoms with E-state index in [4.69, 9.17) is 4.65 Å². The van der Waals surface area contributed by atoms with Crippen molar-refractivity contribution in [3.05, 3.63) is 11.5 Å². The molecule has 116 valence electrons. The molecule has 1 atom stereocenters. The molecule has 0 saturated heterocycles. The zero-order valence-corrected chi connectivity index (χ0v) is 12.3. The van der Waals surface area contributed by atoms with Crippen LogP contribution in [-0.4, -0.2) is 34.6 Å². The van der Waals surface area contributed by atoms with Gasteiger partial charge in [0.25, 0.3) is 0 Å². The highest BCUT2D eigenvalue weighted by atomic mass is 19.4. The molecule has 20 heavy (non-hydrogen) atoms. The maximum absolute atomic E-state index is 12.5. The lowest BCUT2D eigenvalue weighted by Crippen LogP contribution is -2.51. The van der Waals surface area contributed by atoms with Gasteiger partial charge in [0.1, 0.15) is 0 Å². The van der Waals surface area contributed by atoms with Crippen molar-refractivity contribution in [1.29, 1.82) is 0 Å². The van der Waals surface area contributed by atoms with Crippen LogP contribution in [0.3, 0.4) is 0 Å². The van der Waals surface area contributed by atoms with Crippen LogP contribution in [0.5, 0.6) is 0 Å². The first kappa shape index (κ1) is 17.5. The molecule has 7 heteroatoms. The van der Waals surface area contributed by atoms with E-state index in [0.29, 0.717) is 5.47 Å². The molecule has 3 nitrogen and oxygen atoms in total. The Labute approximate surface area is 118 Å². The molecule has 0 aromatic carbocycles. The third-order valence-electron chi connectivity index (χ3n) is 4.11. The first-order chi connectivity index (χ1) is 8.84. The number of hydrogen-bond acceptors (Lipinski definition) is 3. The number of hydrogen-bond donors (Lipinski definition) is 2. The quantitative estimate of drug-likeness (QED) is 0.784. The van der Waals surface area contributed by atoms with Crippen LogP contribution < -0.4 is 0 Å². The molecule has 0 amide bonds. The molecule has 0 bridgehead atoms. The standard InChI is InChI=1S/C13H22BF3O3/c1-11(2,18)12(3,4)20-14(19)10-7-5-9(6-8-10)13(15,16)17/h7,9,18-19H,5-6,8H2,1-4H3. The fourth-order valence-electron chi connectivity index (χ4n) is 1.87. The van der Waals surface area contributed by atoms with E-state index < -0.39 is 30.4 Å². The van der Waals surface area contributed by atoms with E-state index in [0.717, 1.165) is 0 Å². The van der Waals surface area contributed by atoms with E-state index in [9.17, 15) is 23.3 Å². The van der Waals surface area contributed by atoms with Gasteiger partial charge in [-0.1, -0.05) is 6.08 Å². The largest absolute Gasteiger partial charge is 0.487 e. The first-order valence-electron chi connectivity index (χ1n) is 6.68. The van der Waals surface area contributed by atoms with Crippen LogP contribution >= 0.6 is 0 Å². The summed E-state index contributed by atoms with van der Waals surface area (Å²) in [6.07, 6.45) is -2.83. The Balaban J connectivity index is 2.67. The van der Waals surface area contributed by atoms with Crippen LogP contribution in [0.2, 0.25) is 0 Å². The molecule has 1 aliphatic carbocycles. The maximum atomic E-state index is 12.5. The van der Waals surface area contributed by atoms with Gasteiger partial charge >= 0.3 is 13.3 Å². The number of alkyl halides is 3. The van der Waals surface area contributed by atoms with Gasteiger partial charge in [0, 0.05) is 0 Å². The van der Waals surface area contributed by atoms with Crippen LogP contribution in [0, 0.1) is 5.92 Å². The zero-order valence-electron chi connectivity index (χ0n) is 12.3. The molecule has 1 rings (SSSR count). The monoisotopic (exact) mass is 294 g/mol. The van der Waals surface area contributed by atoms with Crippen molar-refractivity contribution < 1.29 is 28.0 Å². The average Bonchev–Trinajstić information content (AvgIpc) is 2.26. The van der Waals surface area contributed by atoms with Gasteiger partial charge in [-0.25, -0.2) is 0 Å². The molecule has 0 heterocycles. The maximum Gasteiger partial charge on any atom is 0.487 e. The molecule has 0 spiro atoms. The minimum absolute atomic E-state index is 0.0430. The van der Waals surface area contributed by atoms with Crippen molar-refractivity contribution in [3.63, 3.8) is 0 Å². The minimum Gasteiger partial charge on any atom is -0.423 e. The van der Waals surface area contributed by atoms with Crippen LogP contribution in [0.25, 0.3) is 0 Å². The van der Waals surface area contributed by atoms with Gasteiger partial charge in [0.15, 0.2) is 0 Å². The Morgan fingerprint density at radius 1 is 1.25 bits per heavy atom. The lowest BCUT2D eigenvalue weighted by Gasteiger charge is -2.39. The molecule has 0 radical (unpaired) electrons. The second kappa shape index (κ2) is 5.69. The average molecular weight is 294 g/mol. The Kier molecular flexibility index (Phi) is 4.99. The summed E-state index contributed by atoms with van der Waals surface area (Å²) >= 11 is 0.